The van der Waals surface area contributed by atoms with Crippen LogP contribution in [0.2, 0.25) is 0 Å². The van der Waals surface area contributed by atoms with Crippen LogP contribution in [0.3, 0.4) is 0 Å². The van der Waals surface area contributed by atoms with Gasteiger partial charge < -0.3 is 19.5 Å². The molecule has 0 aromatic heterocycles. The molecule has 2 rings (SSSR count). The van der Waals surface area contributed by atoms with Crippen LogP contribution in [-0.2, 0) is 4.74 Å². The second kappa shape index (κ2) is 12.7. The number of benzene rings is 1. The van der Waals surface area contributed by atoms with E-state index < -0.39 is 0 Å². The number of piperazine rings is 1. The summed E-state index contributed by atoms with van der Waals surface area (Å²) in [6.45, 7) is 6.53. The van der Waals surface area contributed by atoms with Gasteiger partial charge in [0.25, 0.3) is 0 Å². The Kier molecular flexibility index (Phi) is 12.3. The van der Waals surface area contributed by atoms with Crippen LogP contribution in [0.15, 0.2) is 24.3 Å². The molecule has 1 aliphatic rings. The predicted octanol–water partition coefficient (Wildman–Crippen LogP) is 2.06. The van der Waals surface area contributed by atoms with Gasteiger partial charge in [-0.2, -0.15) is 0 Å². The highest BCUT2D eigenvalue weighted by Gasteiger charge is 2.18. The standard InChI is InChI=1S/C16H26N2O3.2ClH/c1-20-16-6-3-2-5-15(16)18-10-8-17(9-11-18)7-4-13-21-14-12-19;;/h2-3,5-6,19H,4,7-14H2,1H3;2*1H. The van der Waals surface area contributed by atoms with E-state index in [9.17, 15) is 0 Å². The summed E-state index contributed by atoms with van der Waals surface area (Å²) >= 11 is 0. The van der Waals surface area contributed by atoms with Crippen molar-refractivity contribution in [2.24, 2.45) is 0 Å². The van der Waals surface area contributed by atoms with Crippen LogP contribution < -0.4 is 9.64 Å². The lowest BCUT2D eigenvalue weighted by atomic mass is 10.2. The average molecular weight is 367 g/mol. The van der Waals surface area contributed by atoms with Gasteiger partial charge in [0, 0.05) is 39.3 Å². The molecular formula is C16H28Cl2N2O3. The molecule has 0 radical (unpaired) electrons. The molecule has 1 heterocycles. The summed E-state index contributed by atoms with van der Waals surface area (Å²) in [5.74, 6) is 0.948. The van der Waals surface area contributed by atoms with Crippen molar-refractivity contribution in [2.45, 2.75) is 6.42 Å². The maximum Gasteiger partial charge on any atom is 0.142 e. The van der Waals surface area contributed by atoms with E-state index in [1.165, 1.54) is 5.69 Å². The van der Waals surface area contributed by atoms with E-state index in [1.807, 2.05) is 12.1 Å². The number of aliphatic hydroxyl groups excluding tert-OH is 1. The lowest BCUT2D eigenvalue weighted by molar-refractivity contribution is 0.0841. The minimum absolute atomic E-state index is 0. The monoisotopic (exact) mass is 366 g/mol. The van der Waals surface area contributed by atoms with E-state index in [0.29, 0.717) is 6.61 Å². The molecule has 0 bridgehead atoms. The topological polar surface area (TPSA) is 45.2 Å². The Balaban J connectivity index is 0.00000242. The van der Waals surface area contributed by atoms with Gasteiger partial charge in [-0.3, -0.25) is 4.90 Å². The second-order valence-corrected chi connectivity index (χ2v) is 5.19. The number of anilines is 1. The first kappa shape index (κ1) is 22.3. The number of rotatable bonds is 8. The Morgan fingerprint density at radius 1 is 1.04 bits per heavy atom. The molecule has 5 nitrogen and oxygen atoms in total. The van der Waals surface area contributed by atoms with Crippen molar-refractivity contribution < 1.29 is 14.6 Å². The zero-order chi connectivity index (χ0) is 14.9. The summed E-state index contributed by atoms with van der Waals surface area (Å²) in [6, 6.07) is 8.20. The van der Waals surface area contributed by atoms with Crippen molar-refractivity contribution in [3.05, 3.63) is 24.3 Å². The molecular weight excluding hydrogens is 339 g/mol. The fourth-order valence-electron chi connectivity index (χ4n) is 2.66. The first-order chi connectivity index (χ1) is 10.3. The zero-order valence-electron chi connectivity index (χ0n) is 13.6. The van der Waals surface area contributed by atoms with Crippen molar-refractivity contribution in [1.82, 2.24) is 4.90 Å². The normalized spacial score (nSPS) is 14.8. The molecule has 0 atom stereocenters. The minimum atomic E-state index is 0. The van der Waals surface area contributed by atoms with Crippen LogP contribution in [0.5, 0.6) is 5.75 Å². The SMILES string of the molecule is COc1ccccc1N1CCN(CCCOCCO)CC1.Cl.Cl. The van der Waals surface area contributed by atoms with E-state index in [1.54, 1.807) is 7.11 Å². The summed E-state index contributed by atoms with van der Waals surface area (Å²) in [7, 11) is 1.72. The smallest absolute Gasteiger partial charge is 0.142 e. The lowest BCUT2D eigenvalue weighted by Crippen LogP contribution is -2.46. The molecule has 1 N–H and O–H groups in total. The molecule has 1 aromatic carbocycles. The van der Waals surface area contributed by atoms with Crippen LogP contribution >= 0.6 is 24.8 Å². The van der Waals surface area contributed by atoms with Gasteiger partial charge in [0.05, 0.1) is 26.0 Å². The molecule has 23 heavy (non-hydrogen) atoms. The van der Waals surface area contributed by atoms with Gasteiger partial charge >= 0.3 is 0 Å². The molecule has 0 unspecified atom stereocenters. The summed E-state index contributed by atoms with van der Waals surface area (Å²) in [5, 5.41) is 8.64. The highest BCUT2D eigenvalue weighted by atomic mass is 35.5. The number of methoxy groups -OCH3 is 1. The third-order valence-corrected chi connectivity index (χ3v) is 3.80. The van der Waals surface area contributed by atoms with Gasteiger partial charge in [0.15, 0.2) is 0 Å². The van der Waals surface area contributed by atoms with Crippen molar-refractivity contribution in [3.63, 3.8) is 0 Å². The molecule has 1 aromatic rings. The quantitative estimate of drug-likeness (QED) is 0.713. The van der Waals surface area contributed by atoms with Gasteiger partial charge in [-0.05, 0) is 18.6 Å². The number of aliphatic hydroxyl groups is 1. The fourth-order valence-corrected chi connectivity index (χ4v) is 2.66. The highest BCUT2D eigenvalue weighted by Crippen LogP contribution is 2.28. The first-order valence-electron chi connectivity index (χ1n) is 7.64. The van der Waals surface area contributed by atoms with Crippen molar-refractivity contribution in [3.8, 4) is 5.75 Å². The summed E-state index contributed by atoms with van der Waals surface area (Å²) in [5.41, 5.74) is 1.19. The Morgan fingerprint density at radius 3 is 2.39 bits per heavy atom. The minimum Gasteiger partial charge on any atom is -0.495 e. The highest BCUT2D eigenvalue weighted by molar-refractivity contribution is 5.85. The molecule has 1 aliphatic heterocycles. The molecule has 0 spiro atoms. The van der Waals surface area contributed by atoms with E-state index in [2.05, 4.69) is 21.9 Å². The van der Waals surface area contributed by atoms with E-state index in [-0.39, 0.29) is 31.4 Å². The van der Waals surface area contributed by atoms with Crippen LogP contribution in [0, 0.1) is 0 Å². The molecule has 7 heteroatoms. The molecule has 1 saturated heterocycles. The number of halogens is 2. The number of hydrogen-bond donors (Lipinski definition) is 1. The molecule has 0 saturated carbocycles. The summed E-state index contributed by atoms with van der Waals surface area (Å²) in [6.07, 6.45) is 1.02. The number of hydrogen-bond acceptors (Lipinski definition) is 5. The van der Waals surface area contributed by atoms with Gasteiger partial charge in [-0.25, -0.2) is 0 Å². The van der Waals surface area contributed by atoms with Crippen LogP contribution in [-0.4, -0.2) is 69.7 Å². The average Bonchev–Trinajstić information content (AvgIpc) is 2.55. The van der Waals surface area contributed by atoms with E-state index in [4.69, 9.17) is 14.6 Å². The Labute approximate surface area is 151 Å². The third kappa shape index (κ3) is 7.14. The maximum absolute atomic E-state index is 8.64. The molecule has 0 amide bonds. The Bertz CT molecular complexity index is 416. The largest absolute Gasteiger partial charge is 0.495 e. The fraction of sp³-hybridized carbons (Fsp3) is 0.625. The second-order valence-electron chi connectivity index (χ2n) is 5.19. The summed E-state index contributed by atoms with van der Waals surface area (Å²) in [4.78, 5) is 4.85. The van der Waals surface area contributed by atoms with Crippen LogP contribution in [0.25, 0.3) is 0 Å². The predicted molar refractivity (Wildman–Crippen MR) is 98.7 cm³/mol. The van der Waals surface area contributed by atoms with E-state index in [0.717, 1.165) is 51.5 Å². The molecule has 1 fully saturated rings. The van der Waals surface area contributed by atoms with Crippen LogP contribution in [0.1, 0.15) is 6.42 Å². The zero-order valence-corrected chi connectivity index (χ0v) is 15.3. The lowest BCUT2D eigenvalue weighted by Gasteiger charge is -2.36. The van der Waals surface area contributed by atoms with Crippen molar-refractivity contribution >= 4 is 30.5 Å². The van der Waals surface area contributed by atoms with Gasteiger partial charge in [0.2, 0.25) is 0 Å². The van der Waals surface area contributed by atoms with Gasteiger partial charge in [-0.1, -0.05) is 12.1 Å². The maximum atomic E-state index is 8.64. The number of para-hydroxylation sites is 2. The first-order valence-corrected chi connectivity index (χ1v) is 7.64. The van der Waals surface area contributed by atoms with Crippen molar-refractivity contribution in [2.75, 3.05) is 64.6 Å². The molecule has 134 valence electrons. The van der Waals surface area contributed by atoms with Crippen molar-refractivity contribution in [1.29, 1.82) is 0 Å². The Morgan fingerprint density at radius 2 is 1.74 bits per heavy atom. The molecule has 0 aliphatic carbocycles. The van der Waals surface area contributed by atoms with Gasteiger partial charge in [0.1, 0.15) is 5.75 Å². The number of ether oxygens (including phenoxy) is 2. The van der Waals surface area contributed by atoms with Crippen LogP contribution in [0.4, 0.5) is 5.69 Å². The van der Waals surface area contributed by atoms with E-state index >= 15 is 0 Å². The third-order valence-electron chi connectivity index (χ3n) is 3.80. The summed E-state index contributed by atoms with van der Waals surface area (Å²) < 4.78 is 10.7. The Hall–Kier alpha value is -0.720. The number of nitrogens with zero attached hydrogens (tertiary/aromatic N) is 2. The van der Waals surface area contributed by atoms with Gasteiger partial charge in [-0.15, -0.1) is 24.8 Å².